The van der Waals surface area contributed by atoms with Crippen molar-refractivity contribution >= 4 is 23.5 Å². The molecule has 0 fully saturated rings. The van der Waals surface area contributed by atoms with Crippen LogP contribution in [0.4, 0.5) is 0 Å². The minimum atomic E-state index is -0.195. The van der Waals surface area contributed by atoms with Gasteiger partial charge in [-0.15, -0.1) is 0 Å². The Labute approximate surface area is 98.0 Å². The molecule has 0 unspecified atom stereocenters. The van der Waals surface area contributed by atoms with Crippen molar-refractivity contribution in [2.45, 2.75) is 17.7 Å². The Kier molecular flexibility index (Phi) is 3.40. The van der Waals surface area contributed by atoms with Gasteiger partial charge in [-0.2, -0.15) is 0 Å². The lowest BCUT2D eigenvalue weighted by Crippen LogP contribution is -2.06. The molecule has 0 N–H and O–H groups in total. The summed E-state index contributed by atoms with van der Waals surface area (Å²) >= 11 is 1.58. The topological polar surface area (TPSA) is 34.1 Å². The lowest BCUT2D eigenvalue weighted by atomic mass is 10.0. The summed E-state index contributed by atoms with van der Waals surface area (Å²) in [4.78, 5) is 24.0. The molecule has 0 heterocycles. The third-order valence-corrected chi connectivity index (χ3v) is 3.42. The van der Waals surface area contributed by atoms with E-state index in [4.69, 9.17) is 0 Å². The van der Waals surface area contributed by atoms with Crippen LogP contribution in [0.5, 0.6) is 0 Å². The molecule has 0 atom stereocenters. The van der Waals surface area contributed by atoms with Gasteiger partial charge in [0.05, 0.1) is 5.57 Å². The number of thioether (sulfide) groups is 1. The van der Waals surface area contributed by atoms with Crippen molar-refractivity contribution in [3.05, 3.63) is 46.9 Å². The van der Waals surface area contributed by atoms with Crippen LogP contribution in [-0.2, 0) is 9.59 Å². The van der Waals surface area contributed by atoms with Crippen LogP contribution >= 0.6 is 11.8 Å². The van der Waals surface area contributed by atoms with Crippen molar-refractivity contribution in [3.63, 3.8) is 0 Å². The van der Waals surface area contributed by atoms with Crippen LogP contribution < -0.4 is 0 Å². The van der Waals surface area contributed by atoms with E-state index in [0.29, 0.717) is 6.42 Å². The summed E-state index contributed by atoms with van der Waals surface area (Å²) in [6.45, 7) is 0. The van der Waals surface area contributed by atoms with E-state index in [0.717, 1.165) is 16.2 Å². The number of ketones is 1. The highest BCUT2D eigenvalue weighted by Crippen LogP contribution is 2.33. The zero-order valence-corrected chi connectivity index (χ0v) is 9.42. The van der Waals surface area contributed by atoms with Crippen molar-refractivity contribution in [2.75, 3.05) is 0 Å². The normalized spacial score (nSPS) is 15.6. The molecule has 0 aliphatic heterocycles. The van der Waals surface area contributed by atoms with Crippen LogP contribution in [0.1, 0.15) is 12.8 Å². The molecule has 3 heteroatoms. The van der Waals surface area contributed by atoms with Crippen LogP contribution in [0.25, 0.3) is 0 Å². The Hall–Kier alpha value is -1.57. The van der Waals surface area contributed by atoms with Crippen molar-refractivity contribution < 1.29 is 9.59 Å². The molecule has 0 spiro atoms. The van der Waals surface area contributed by atoms with Crippen LogP contribution in [0.15, 0.2) is 51.8 Å². The van der Waals surface area contributed by atoms with Gasteiger partial charge in [0.15, 0.2) is 5.78 Å². The standard InChI is InChI=1S/C13H10O2S/c14-9-10-6-7-12(8-13(10)15)16-11-4-2-1-3-5-11/h1-5,8H,6-7H2. The lowest BCUT2D eigenvalue weighted by Gasteiger charge is -2.11. The molecule has 1 aliphatic carbocycles. The van der Waals surface area contributed by atoms with E-state index in [9.17, 15) is 9.59 Å². The summed E-state index contributed by atoms with van der Waals surface area (Å²) in [5.41, 5.74) is 0.261. The van der Waals surface area contributed by atoms with Gasteiger partial charge in [-0.1, -0.05) is 30.0 Å². The molecule has 0 amide bonds. The fraction of sp³-hybridized carbons (Fsp3) is 0.154. The molecule has 2 nitrogen and oxygen atoms in total. The highest BCUT2D eigenvalue weighted by atomic mass is 32.2. The minimum Gasteiger partial charge on any atom is -0.289 e. The predicted octanol–water partition coefficient (Wildman–Crippen LogP) is 2.78. The molecule has 0 aromatic heterocycles. The van der Waals surface area contributed by atoms with E-state index >= 15 is 0 Å². The van der Waals surface area contributed by atoms with Crippen molar-refractivity contribution in [2.24, 2.45) is 0 Å². The summed E-state index contributed by atoms with van der Waals surface area (Å²) in [7, 11) is 0. The first kappa shape index (κ1) is 10.9. The summed E-state index contributed by atoms with van der Waals surface area (Å²) in [6.07, 6.45) is 2.80. The maximum atomic E-state index is 11.4. The number of carbonyl (C=O) groups is 1. The van der Waals surface area contributed by atoms with E-state index in [1.807, 2.05) is 30.3 Å². The fourth-order valence-electron chi connectivity index (χ4n) is 1.50. The zero-order chi connectivity index (χ0) is 11.4. The molecule has 0 radical (unpaired) electrons. The van der Waals surface area contributed by atoms with E-state index in [1.165, 1.54) is 0 Å². The maximum Gasteiger partial charge on any atom is 0.193 e. The molecule has 16 heavy (non-hydrogen) atoms. The van der Waals surface area contributed by atoms with Crippen LogP contribution in [0.2, 0.25) is 0 Å². The summed E-state index contributed by atoms with van der Waals surface area (Å²) in [5, 5.41) is 0. The number of allylic oxidation sites excluding steroid dienone is 3. The van der Waals surface area contributed by atoms with Crippen LogP contribution in [0, 0.1) is 0 Å². The summed E-state index contributed by atoms with van der Waals surface area (Å²) in [5.74, 6) is 1.51. The quantitative estimate of drug-likeness (QED) is 0.578. The second-order valence-corrected chi connectivity index (χ2v) is 4.67. The van der Waals surface area contributed by atoms with Gasteiger partial charge in [-0.05, 0) is 36.0 Å². The van der Waals surface area contributed by atoms with Gasteiger partial charge in [0.2, 0.25) is 0 Å². The Morgan fingerprint density at radius 3 is 2.50 bits per heavy atom. The number of benzene rings is 1. The second-order valence-electron chi connectivity index (χ2n) is 3.47. The third-order valence-electron chi connectivity index (χ3n) is 2.33. The molecule has 2 rings (SSSR count). The molecule has 0 saturated carbocycles. The van der Waals surface area contributed by atoms with Gasteiger partial charge in [0.25, 0.3) is 0 Å². The van der Waals surface area contributed by atoms with Gasteiger partial charge < -0.3 is 0 Å². The van der Waals surface area contributed by atoms with E-state index in [-0.39, 0.29) is 11.4 Å². The molecule has 1 aromatic carbocycles. The third kappa shape index (κ3) is 2.51. The fourth-order valence-corrected chi connectivity index (χ4v) is 2.46. The van der Waals surface area contributed by atoms with E-state index < -0.39 is 0 Å². The van der Waals surface area contributed by atoms with Crippen molar-refractivity contribution in [1.29, 1.82) is 0 Å². The van der Waals surface area contributed by atoms with E-state index in [2.05, 4.69) is 0 Å². The van der Waals surface area contributed by atoms with Gasteiger partial charge in [-0.3, -0.25) is 4.79 Å². The van der Waals surface area contributed by atoms with Gasteiger partial charge in [0, 0.05) is 4.90 Å². The highest BCUT2D eigenvalue weighted by Gasteiger charge is 2.17. The zero-order valence-electron chi connectivity index (χ0n) is 8.60. The van der Waals surface area contributed by atoms with Gasteiger partial charge >= 0.3 is 0 Å². The molecule has 0 bridgehead atoms. The SMILES string of the molecule is O=C=C1CCC(Sc2ccccc2)=CC1=O. The molecule has 0 saturated heterocycles. The summed E-state index contributed by atoms with van der Waals surface area (Å²) < 4.78 is 0. The first-order chi connectivity index (χ1) is 7.79. The average molecular weight is 230 g/mol. The molecule has 1 aliphatic rings. The Morgan fingerprint density at radius 2 is 1.88 bits per heavy atom. The van der Waals surface area contributed by atoms with Gasteiger partial charge in [0.1, 0.15) is 5.94 Å². The number of hydrogen-bond donors (Lipinski definition) is 0. The van der Waals surface area contributed by atoms with Crippen LogP contribution in [-0.4, -0.2) is 11.7 Å². The molecular formula is C13H10O2S. The molecular weight excluding hydrogens is 220 g/mol. The van der Waals surface area contributed by atoms with Crippen molar-refractivity contribution in [3.8, 4) is 0 Å². The Morgan fingerprint density at radius 1 is 1.12 bits per heavy atom. The highest BCUT2D eigenvalue weighted by molar-refractivity contribution is 8.03. The van der Waals surface area contributed by atoms with E-state index in [1.54, 1.807) is 23.8 Å². The Balaban J connectivity index is 2.14. The predicted molar refractivity (Wildman–Crippen MR) is 63.8 cm³/mol. The molecule has 1 aromatic rings. The second kappa shape index (κ2) is 4.97. The minimum absolute atomic E-state index is 0.195. The number of carbonyl (C=O) groups excluding carboxylic acids is 2. The number of rotatable bonds is 2. The van der Waals surface area contributed by atoms with Crippen molar-refractivity contribution in [1.82, 2.24) is 0 Å². The number of hydrogen-bond acceptors (Lipinski definition) is 3. The summed E-state index contributed by atoms with van der Waals surface area (Å²) in [6, 6.07) is 9.88. The lowest BCUT2D eigenvalue weighted by molar-refractivity contribution is -0.111. The maximum absolute atomic E-state index is 11.4. The largest absolute Gasteiger partial charge is 0.289 e. The monoisotopic (exact) mass is 230 g/mol. The average Bonchev–Trinajstić information content (AvgIpc) is 2.31. The first-order valence-corrected chi connectivity index (χ1v) is 5.83. The molecule has 80 valence electrons. The Bertz CT molecular complexity index is 482. The smallest absolute Gasteiger partial charge is 0.193 e. The van der Waals surface area contributed by atoms with Crippen LogP contribution in [0.3, 0.4) is 0 Å². The van der Waals surface area contributed by atoms with Gasteiger partial charge in [-0.25, -0.2) is 4.79 Å². The first-order valence-electron chi connectivity index (χ1n) is 5.01.